The summed E-state index contributed by atoms with van der Waals surface area (Å²) in [6, 6.07) is 97.8. The van der Waals surface area contributed by atoms with Crippen LogP contribution in [0.4, 0.5) is 0 Å². The van der Waals surface area contributed by atoms with Gasteiger partial charge in [-0.1, -0.05) is 352 Å². The van der Waals surface area contributed by atoms with Crippen LogP contribution in [0.2, 0.25) is 0 Å². The second-order valence-electron chi connectivity index (χ2n) is 29.1. The van der Waals surface area contributed by atoms with Gasteiger partial charge in [0.05, 0.1) is 0 Å². The average Bonchev–Trinajstić information content (AvgIpc) is 0.857. The van der Waals surface area contributed by atoms with Gasteiger partial charge < -0.3 is 0 Å². The molecule has 12 rings (SSSR count). The van der Waals surface area contributed by atoms with Crippen LogP contribution >= 0.6 is 0 Å². The molecule has 0 N–H and O–H groups in total. The molecule has 0 radical (unpaired) electrons. The van der Waals surface area contributed by atoms with Crippen LogP contribution in [0, 0.1) is 111 Å². The van der Waals surface area contributed by atoms with E-state index in [4.69, 9.17) is 0 Å². The molecule has 0 bridgehead atoms. The zero-order chi connectivity index (χ0) is 74.8. The van der Waals surface area contributed by atoms with Crippen LogP contribution in [0.25, 0.3) is 33.4 Å². The van der Waals surface area contributed by atoms with E-state index in [0.29, 0.717) is 17.8 Å². The molecule has 12 aromatic rings. The van der Waals surface area contributed by atoms with E-state index < -0.39 is 0 Å². The van der Waals surface area contributed by atoms with Gasteiger partial charge >= 0.3 is 0 Å². The van der Waals surface area contributed by atoms with Crippen molar-refractivity contribution in [3.63, 3.8) is 0 Å². The molecule has 0 amide bonds. The number of rotatable bonds is 6. The van der Waals surface area contributed by atoms with Crippen LogP contribution in [-0.4, -0.2) is 0 Å². The van der Waals surface area contributed by atoms with Crippen molar-refractivity contribution in [3.05, 3.63) is 390 Å². The Morgan fingerprint density at radius 1 is 0.198 bits per heavy atom. The van der Waals surface area contributed by atoms with Crippen LogP contribution < -0.4 is 0 Å². The Morgan fingerprint density at radius 2 is 0.515 bits per heavy atom. The highest BCUT2D eigenvalue weighted by molar-refractivity contribution is 5.69. The van der Waals surface area contributed by atoms with Gasteiger partial charge in [-0.25, -0.2) is 0 Å². The number of hydrogen-bond acceptors (Lipinski definition) is 0. The van der Waals surface area contributed by atoms with Gasteiger partial charge in [-0.2, -0.15) is 0 Å². The first-order chi connectivity index (χ1) is 47.9. The SMILES string of the molecule is Cc1c(C(C)C)cccc1C(C)C.Cc1cc(C)c(C)c(C)c1.Cc1cccc(-c2ccccc2)c1.Cc1cccc(-c2ccccc2)c1C.Cc1cccc(C)c1C.Cc1ccccc1-c1ccccc1.Cc1ccccc1C.Cc1ccccc1C(C)(C)C.Cc1ccccc1C(C)C. The third-order valence-corrected chi connectivity index (χ3v) is 18.8. The lowest BCUT2D eigenvalue weighted by Crippen LogP contribution is -2.12. The largest absolute Gasteiger partial charge is 0.0622 e. The van der Waals surface area contributed by atoms with Crippen molar-refractivity contribution < 1.29 is 0 Å². The standard InChI is InChI=1S/C14H14.2C13H12.C13H20.C11H16.2C10H14.C9H12.C8H10/c1-11-7-6-10-14(12(11)2)13-8-4-3-5-9-13;1-11-7-5-6-10-13(11)12-8-3-2-4-9-12;1-11-6-5-9-13(10-11)12-7-3-2-4-8-12;1-9(2)12-7-6-8-13(10(3)4)11(12)5;1-9-7-5-6-8-10(9)11(2,3)4;1-7-5-8(2)10(4)9(3)6-7;1-8(2)10-7-5-4-6-9(10)3;1-7-5-4-6-8(2)9(7)3;1-7-5-3-4-6-8(7)2/h3-10H,1-2H3;2*2-10H,1H3;6-10H,1-5H3;5-8H,1-4H3;5-6H,1-4H3;4-8H,1-3H3;4-6H,1-3H3;3-6H,1-2H3. The molecule has 0 aliphatic heterocycles. The van der Waals surface area contributed by atoms with Gasteiger partial charge in [-0.05, 0) is 267 Å². The molecule has 101 heavy (non-hydrogen) atoms. The molecule has 0 aliphatic rings. The molecule has 0 aromatic heterocycles. The van der Waals surface area contributed by atoms with E-state index in [1.54, 1.807) is 0 Å². The van der Waals surface area contributed by atoms with Crippen molar-refractivity contribution >= 4 is 0 Å². The maximum absolute atomic E-state index is 2.26. The molecule has 0 aliphatic carbocycles. The maximum atomic E-state index is 2.26. The molecule has 0 unspecified atom stereocenters. The summed E-state index contributed by atoms with van der Waals surface area (Å²) in [7, 11) is 0. The highest BCUT2D eigenvalue weighted by Gasteiger charge is 2.15. The lowest BCUT2D eigenvalue weighted by atomic mass is 9.84. The summed E-state index contributed by atoms with van der Waals surface area (Å²) in [6.07, 6.45) is 0. The monoisotopic (exact) mass is 1340 g/mol. The summed E-state index contributed by atoms with van der Waals surface area (Å²) in [5, 5.41) is 0. The van der Waals surface area contributed by atoms with Gasteiger partial charge in [0, 0.05) is 0 Å². The molecule has 0 nitrogen and oxygen atoms in total. The Kier molecular flexibility index (Phi) is 36.1. The summed E-state index contributed by atoms with van der Waals surface area (Å²) in [6.45, 7) is 54.7. The lowest BCUT2D eigenvalue weighted by Gasteiger charge is -2.21. The van der Waals surface area contributed by atoms with Crippen molar-refractivity contribution in [2.24, 2.45) is 0 Å². The second-order valence-corrected chi connectivity index (χ2v) is 29.1. The molecule has 0 fully saturated rings. The molecule has 0 atom stereocenters. The van der Waals surface area contributed by atoms with Gasteiger partial charge in [0.25, 0.3) is 0 Å². The minimum atomic E-state index is 0.283. The third-order valence-electron chi connectivity index (χ3n) is 18.8. The van der Waals surface area contributed by atoms with Crippen LogP contribution in [0.5, 0.6) is 0 Å². The summed E-state index contributed by atoms with van der Waals surface area (Å²) < 4.78 is 0. The molecule has 0 saturated carbocycles. The first kappa shape index (κ1) is 84.1. The maximum Gasteiger partial charge on any atom is -0.0129 e. The summed E-state index contributed by atoms with van der Waals surface area (Å²) in [5.74, 6) is 1.93. The van der Waals surface area contributed by atoms with E-state index in [1.807, 2.05) is 12.1 Å². The smallest absolute Gasteiger partial charge is 0.0129 e. The van der Waals surface area contributed by atoms with E-state index in [-0.39, 0.29) is 5.41 Å². The summed E-state index contributed by atoms with van der Waals surface area (Å²) in [5.41, 5.74) is 36.1. The third kappa shape index (κ3) is 29.0. The zero-order valence-corrected chi connectivity index (χ0v) is 66.8. The molecule has 0 saturated heterocycles. The van der Waals surface area contributed by atoms with Gasteiger partial charge in [0.2, 0.25) is 0 Å². The number of benzene rings is 12. The minimum Gasteiger partial charge on any atom is -0.0622 e. The topological polar surface area (TPSA) is 0 Å². The normalized spacial score (nSPS) is 10.3. The fraction of sp³-hybridized carbons (Fsp3) is 0.287. The number of hydrogen-bond donors (Lipinski definition) is 0. The molecule has 0 spiro atoms. The lowest BCUT2D eigenvalue weighted by molar-refractivity contribution is 0.586. The highest BCUT2D eigenvalue weighted by atomic mass is 14.2. The van der Waals surface area contributed by atoms with Crippen LogP contribution in [-0.2, 0) is 5.41 Å². The van der Waals surface area contributed by atoms with Gasteiger partial charge in [-0.15, -0.1) is 0 Å². The Hall–Kier alpha value is -9.36. The molecule has 12 aromatic carbocycles. The first-order valence-electron chi connectivity index (χ1n) is 36.6. The van der Waals surface area contributed by atoms with E-state index in [2.05, 4.69) is 440 Å². The Balaban J connectivity index is 0.000000242. The van der Waals surface area contributed by atoms with Crippen LogP contribution in [0.3, 0.4) is 0 Å². The average molecular weight is 1340 g/mol. The van der Waals surface area contributed by atoms with Crippen molar-refractivity contribution in [1.29, 1.82) is 0 Å². The van der Waals surface area contributed by atoms with Crippen LogP contribution in [0.15, 0.2) is 279 Å². The van der Waals surface area contributed by atoms with Gasteiger partial charge in [-0.3, -0.25) is 0 Å². The van der Waals surface area contributed by atoms with Gasteiger partial charge in [0.15, 0.2) is 0 Å². The Bertz CT molecular complexity index is 4240. The molecular formula is C101H124. The van der Waals surface area contributed by atoms with E-state index in [9.17, 15) is 0 Å². The predicted octanol–water partition coefficient (Wildman–Crippen LogP) is 29.8. The first-order valence-corrected chi connectivity index (χ1v) is 36.6. The van der Waals surface area contributed by atoms with Crippen molar-refractivity contribution in [3.8, 4) is 33.4 Å². The molecule has 528 valence electrons. The van der Waals surface area contributed by atoms with Crippen molar-refractivity contribution in [1.82, 2.24) is 0 Å². The highest BCUT2D eigenvalue weighted by Crippen LogP contribution is 2.29. The zero-order valence-electron chi connectivity index (χ0n) is 66.8. The van der Waals surface area contributed by atoms with Gasteiger partial charge in [0.1, 0.15) is 0 Å². The Labute approximate surface area is 616 Å². The predicted molar refractivity (Wildman–Crippen MR) is 451 cm³/mol. The van der Waals surface area contributed by atoms with Crippen molar-refractivity contribution in [2.75, 3.05) is 0 Å². The quantitative estimate of drug-likeness (QED) is 0.156. The Morgan fingerprint density at radius 3 is 0.911 bits per heavy atom. The minimum absolute atomic E-state index is 0.283. The summed E-state index contributed by atoms with van der Waals surface area (Å²) >= 11 is 0. The second kappa shape index (κ2) is 43.3. The molecule has 0 heteroatoms. The summed E-state index contributed by atoms with van der Waals surface area (Å²) in [4.78, 5) is 0. The fourth-order valence-corrected chi connectivity index (χ4v) is 12.0. The van der Waals surface area contributed by atoms with Crippen LogP contribution in [0.1, 0.15) is 191 Å². The van der Waals surface area contributed by atoms with E-state index in [1.165, 1.54) is 145 Å². The molecular weight excluding hydrogens is 1210 g/mol. The fourth-order valence-electron chi connectivity index (χ4n) is 12.0. The van der Waals surface area contributed by atoms with Crippen molar-refractivity contribution in [2.45, 2.75) is 196 Å². The van der Waals surface area contributed by atoms with E-state index in [0.717, 1.165) is 0 Å². The molecule has 0 heterocycles. The number of aryl methyl sites for hydroxylation is 12. The van der Waals surface area contributed by atoms with E-state index >= 15 is 0 Å².